The summed E-state index contributed by atoms with van der Waals surface area (Å²) in [4.78, 5) is 4.14. The van der Waals surface area contributed by atoms with Crippen molar-refractivity contribution in [2.45, 2.75) is 6.92 Å². The van der Waals surface area contributed by atoms with E-state index in [1.54, 1.807) is 0 Å². The van der Waals surface area contributed by atoms with Crippen molar-refractivity contribution in [3.05, 3.63) is 35.1 Å². The number of aliphatic imine (C=N–C) groups is 1. The summed E-state index contributed by atoms with van der Waals surface area (Å²) < 4.78 is 0. The van der Waals surface area contributed by atoms with Gasteiger partial charge >= 0.3 is 0 Å². The third kappa shape index (κ3) is 1.73. The molecule has 0 fully saturated rings. The van der Waals surface area contributed by atoms with Crippen LogP contribution < -0.4 is 0 Å². The molecule has 0 saturated carbocycles. The normalized spacial score (nSPS) is 17.4. The Morgan fingerprint density at radius 2 is 1.91 bits per heavy atom. The van der Waals surface area contributed by atoms with Gasteiger partial charge in [-0.2, -0.15) is 0 Å². The van der Waals surface area contributed by atoms with Crippen molar-refractivity contribution in [2.75, 3.05) is 0 Å². The van der Waals surface area contributed by atoms with Gasteiger partial charge in [-0.3, -0.25) is 4.99 Å². The Hall–Kier alpha value is -0.530. The van der Waals surface area contributed by atoms with E-state index in [2.05, 4.69) is 24.1 Å². The minimum Gasteiger partial charge on any atom is -0.256 e. The Morgan fingerprint density at radius 3 is 2.55 bits per heavy atom. The van der Waals surface area contributed by atoms with Gasteiger partial charge in [-0.1, -0.05) is 0 Å². The van der Waals surface area contributed by atoms with Gasteiger partial charge in [0.25, 0.3) is 0 Å². The predicted molar refractivity (Wildman–Crippen MR) is 52.9 cm³/mol. The molecule has 0 aromatic rings. The molecular weight excluding hydrogens is 181 g/mol. The molecule has 0 bridgehead atoms. The van der Waals surface area contributed by atoms with Gasteiger partial charge < -0.3 is 0 Å². The Kier molecular flexibility index (Phi) is 3.56. The Balaban J connectivity index is 0.000000500. The molecule has 0 radical (unpaired) electrons. The highest BCUT2D eigenvalue weighted by atomic mass is 35.5. The lowest BCUT2D eigenvalue weighted by molar-refractivity contribution is 1.43. The van der Waals surface area contributed by atoms with Crippen LogP contribution in [0.2, 0.25) is 0 Å². The van der Waals surface area contributed by atoms with Crippen molar-refractivity contribution < 1.29 is 0 Å². The lowest BCUT2D eigenvalue weighted by Crippen LogP contribution is -1.66. The molecule has 1 nitrogen and oxygen atoms in total. The molecule has 2 rings (SSSR count). The number of hydrogen-bond acceptors (Lipinski definition) is 1. The molecule has 0 aromatic heterocycles. The van der Waals surface area contributed by atoms with Crippen LogP contribution in [0.25, 0.3) is 0 Å². The summed E-state index contributed by atoms with van der Waals surface area (Å²) >= 11 is 0. The van der Waals surface area contributed by atoms with Gasteiger partial charge in [0, 0.05) is 11.8 Å². The van der Waals surface area contributed by atoms with Crippen molar-refractivity contribution in [3.8, 4) is 0 Å². The van der Waals surface area contributed by atoms with E-state index in [1.807, 2.05) is 12.3 Å². The maximum Gasteiger partial charge on any atom is 0.0705 e. The van der Waals surface area contributed by atoms with Crippen LogP contribution in [0.3, 0.4) is 0 Å². The van der Waals surface area contributed by atoms with Gasteiger partial charge in [0.1, 0.15) is 0 Å². The smallest absolute Gasteiger partial charge is 0.0705 e. The van der Waals surface area contributed by atoms with E-state index >= 15 is 0 Å². The van der Waals surface area contributed by atoms with E-state index in [-0.39, 0.29) is 24.8 Å². The number of rotatable bonds is 0. The van der Waals surface area contributed by atoms with Gasteiger partial charge in [-0.15, -0.1) is 24.8 Å². The molecule has 1 heterocycles. The minimum atomic E-state index is 0. The zero-order valence-corrected chi connectivity index (χ0v) is 7.71. The van der Waals surface area contributed by atoms with E-state index in [4.69, 9.17) is 0 Å². The topological polar surface area (TPSA) is 12.4 Å². The van der Waals surface area contributed by atoms with Crippen molar-refractivity contribution >= 4 is 31.0 Å². The standard InChI is InChI=1S/C8H7N.2ClH/c1-6-4-7-2-3-9-8(7)5-6;;/h2-5H,1H3;2*1H. The summed E-state index contributed by atoms with van der Waals surface area (Å²) in [7, 11) is 0. The lowest BCUT2D eigenvalue weighted by atomic mass is 10.2. The maximum atomic E-state index is 4.14. The minimum absolute atomic E-state index is 0. The zero-order chi connectivity index (χ0) is 6.27. The average molecular weight is 190 g/mol. The molecule has 0 unspecified atom stereocenters. The summed E-state index contributed by atoms with van der Waals surface area (Å²) in [6.45, 7) is 2.08. The fourth-order valence-electron chi connectivity index (χ4n) is 1.10. The third-order valence-electron chi connectivity index (χ3n) is 1.51. The summed E-state index contributed by atoms with van der Waals surface area (Å²) in [5.74, 6) is 0. The Morgan fingerprint density at radius 1 is 1.18 bits per heavy atom. The van der Waals surface area contributed by atoms with Crippen LogP contribution in [-0.2, 0) is 0 Å². The SMILES string of the molecule is CC1=CC2=CC=NC2=C1.Cl.Cl. The van der Waals surface area contributed by atoms with Crippen molar-refractivity contribution in [3.63, 3.8) is 0 Å². The Bertz CT molecular complexity index is 272. The molecule has 0 spiro atoms. The summed E-state index contributed by atoms with van der Waals surface area (Å²) in [5.41, 5.74) is 3.67. The first-order chi connectivity index (χ1) is 4.36. The number of hydrogen-bond donors (Lipinski definition) is 0. The van der Waals surface area contributed by atoms with Gasteiger partial charge in [0.2, 0.25) is 0 Å². The molecular formula is C8H9Cl2N. The highest BCUT2D eigenvalue weighted by Gasteiger charge is 2.10. The van der Waals surface area contributed by atoms with Crippen LogP contribution in [0.1, 0.15) is 6.92 Å². The van der Waals surface area contributed by atoms with Crippen molar-refractivity contribution in [1.82, 2.24) is 0 Å². The van der Waals surface area contributed by atoms with Gasteiger partial charge in [0.15, 0.2) is 0 Å². The van der Waals surface area contributed by atoms with E-state index < -0.39 is 0 Å². The molecule has 0 saturated heterocycles. The molecule has 11 heavy (non-hydrogen) atoms. The van der Waals surface area contributed by atoms with Crippen LogP contribution in [0.4, 0.5) is 0 Å². The summed E-state index contributed by atoms with van der Waals surface area (Å²) in [6, 6.07) is 0. The van der Waals surface area contributed by atoms with E-state index in [0.717, 1.165) is 5.70 Å². The number of allylic oxidation sites excluding steroid dienone is 4. The first kappa shape index (κ1) is 10.5. The molecule has 0 amide bonds. The summed E-state index contributed by atoms with van der Waals surface area (Å²) in [6.07, 6.45) is 8.10. The second-order valence-corrected chi connectivity index (χ2v) is 2.32. The molecule has 2 aliphatic rings. The van der Waals surface area contributed by atoms with Crippen molar-refractivity contribution in [2.24, 2.45) is 4.99 Å². The Labute approximate surface area is 78.4 Å². The van der Waals surface area contributed by atoms with E-state index in [0.29, 0.717) is 0 Å². The monoisotopic (exact) mass is 189 g/mol. The average Bonchev–Trinajstić information content (AvgIpc) is 2.22. The summed E-state index contributed by atoms with van der Waals surface area (Å²) in [5, 5.41) is 0. The molecule has 0 aromatic carbocycles. The number of fused-ring (bicyclic) bond motifs is 1. The quantitative estimate of drug-likeness (QED) is 0.556. The second kappa shape index (κ2) is 3.74. The molecule has 1 aliphatic carbocycles. The highest BCUT2D eigenvalue weighted by molar-refractivity contribution is 5.85. The van der Waals surface area contributed by atoms with Crippen LogP contribution in [0, 0.1) is 0 Å². The predicted octanol–water partition coefficient (Wildman–Crippen LogP) is 2.68. The largest absolute Gasteiger partial charge is 0.256 e. The zero-order valence-electron chi connectivity index (χ0n) is 6.07. The number of nitrogens with zero attached hydrogens (tertiary/aromatic N) is 1. The third-order valence-corrected chi connectivity index (χ3v) is 1.51. The molecule has 0 N–H and O–H groups in total. The lowest BCUT2D eigenvalue weighted by Gasteiger charge is -1.84. The number of halogens is 2. The van der Waals surface area contributed by atoms with Crippen molar-refractivity contribution in [1.29, 1.82) is 0 Å². The fourth-order valence-corrected chi connectivity index (χ4v) is 1.10. The van der Waals surface area contributed by atoms with Gasteiger partial charge in [0.05, 0.1) is 5.70 Å². The van der Waals surface area contributed by atoms with E-state index in [1.165, 1.54) is 11.1 Å². The van der Waals surface area contributed by atoms with Gasteiger partial charge in [-0.25, -0.2) is 0 Å². The van der Waals surface area contributed by atoms with Crippen LogP contribution in [-0.4, -0.2) is 6.21 Å². The molecule has 3 heteroatoms. The molecule has 1 aliphatic heterocycles. The van der Waals surface area contributed by atoms with Crippen LogP contribution in [0.15, 0.2) is 40.1 Å². The second-order valence-electron chi connectivity index (χ2n) is 2.32. The van der Waals surface area contributed by atoms with Gasteiger partial charge in [-0.05, 0) is 30.7 Å². The van der Waals surface area contributed by atoms with Crippen LogP contribution >= 0.6 is 24.8 Å². The molecule has 60 valence electrons. The maximum absolute atomic E-state index is 4.14. The fraction of sp³-hybridized carbons (Fsp3) is 0.125. The first-order valence-electron chi connectivity index (χ1n) is 3.01. The first-order valence-corrected chi connectivity index (χ1v) is 3.01. The van der Waals surface area contributed by atoms with E-state index in [9.17, 15) is 0 Å². The van der Waals surface area contributed by atoms with Crippen LogP contribution in [0.5, 0.6) is 0 Å². The highest BCUT2D eigenvalue weighted by Crippen LogP contribution is 2.26. The molecule has 0 atom stereocenters.